The van der Waals surface area contributed by atoms with Gasteiger partial charge in [0, 0.05) is 22.7 Å². The highest BCUT2D eigenvalue weighted by Crippen LogP contribution is 2.29. The van der Waals surface area contributed by atoms with Crippen LogP contribution < -0.4 is 5.32 Å². The average molecular weight is 345 g/mol. The molecule has 0 radical (unpaired) electrons. The van der Waals surface area contributed by atoms with Crippen molar-refractivity contribution in [2.75, 3.05) is 5.32 Å². The van der Waals surface area contributed by atoms with Crippen molar-refractivity contribution in [2.24, 2.45) is 0 Å². The number of thiazole rings is 1. The van der Waals surface area contributed by atoms with E-state index in [1.54, 1.807) is 17.9 Å². The predicted molar refractivity (Wildman–Crippen MR) is 97.9 cm³/mol. The van der Waals surface area contributed by atoms with Gasteiger partial charge in [0.15, 0.2) is 11.4 Å². The molecule has 0 aliphatic rings. The Morgan fingerprint density at radius 2 is 1.96 bits per heavy atom. The number of anilines is 2. The van der Waals surface area contributed by atoms with Crippen LogP contribution in [0.4, 0.5) is 11.5 Å². The number of nitrogens with one attached hydrogen (secondary N) is 1. The molecule has 0 saturated carbocycles. The summed E-state index contributed by atoms with van der Waals surface area (Å²) in [7, 11) is 0. The molecule has 0 bridgehead atoms. The summed E-state index contributed by atoms with van der Waals surface area (Å²) in [5.74, 6) is 1.42. The first kappa shape index (κ1) is 14.1. The largest absolute Gasteiger partial charge is 0.356 e. The second-order valence-electron chi connectivity index (χ2n) is 5.48. The number of hydrogen-bond donors (Lipinski definition) is 1. The summed E-state index contributed by atoms with van der Waals surface area (Å²) in [6.07, 6.45) is 3.48. The van der Waals surface area contributed by atoms with Gasteiger partial charge < -0.3 is 9.84 Å². The topological polar surface area (TPSA) is 76.7 Å². The zero-order chi connectivity index (χ0) is 16.6. The predicted octanol–water partition coefficient (Wildman–Crippen LogP) is 4.64. The molecule has 3 heterocycles. The highest BCUT2D eigenvalue weighted by molar-refractivity contribution is 7.13. The Kier molecular flexibility index (Phi) is 3.17. The van der Waals surface area contributed by atoms with Gasteiger partial charge >= 0.3 is 0 Å². The Balaban J connectivity index is 1.65. The van der Waals surface area contributed by atoms with Gasteiger partial charge in [0.2, 0.25) is 0 Å². The van der Waals surface area contributed by atoms with E-state index >= 15 is 0 Å². The Labute approximate surface area is 146 Å². The second-order valence-corrected chi connectivity index (χ2v) is 6.37. The van der Waals surface area contributed by atoms with E-state index in [-0.39, 0.29) is 0 Å². The SMILES string of the molecule is c1ccc2c(Nc3ccc4oncc4c3)nc(-c3cncs3)nc2c1. The smallest absolute Gasteiger partial charge is 0.173 e. The first-order valence-corrected chi connectivity index (χ1v) is 8.52. The highest BCUT2D eigenvalue weighted by atomic mass is 32.1. The van der Waals surface area contributed by atoms with E-state index in [2.05, 4.69) is 20.4 Å². The second kappa shape index (κ2) is 5.64. The highest BCUT2D eigenvalue weighted by Gasteiger charge is 2.11. The molecule has 0 aliphatic carbocycles. The molecule has 1 N–H and O–H groups in total. The van der Waals surface area contributed by atoms with Crippen LogP contribution in [0.15, 0.2) is 64.9 Å². The molecule has 2 aromatic carbocycles. The van der Waals surface area contributed by atoms with Crippen molar-refractivity contribution in [1.29, 1.82) is 0 Å². The van der Waals surface area contributed by atoms with Crippen molar-refractivity contribution in [1.82, 2.24) is 20.1 Å². The number of nitrogens with zero attached hydrogens (tertiary/aromatic N) is 4. The molecule has 3 aromatic heterocycles. The van der Waals surface area contributed by atoms with Gasteiger partial charge in [-0.15, -0.1) is 11.3 Å². The maximum Gasteiger partial charge on any atom is 0.173 e. The van der Waals surface area contributed by atoms with E-state index in [9.17, 15) is 0 Å². The number of para-hydroxylation sites is 1. The molecule has 0 fully saturated rings. The van der Waals surface area contributed by atoms with Gasteiger partial charge in [-0.25, -0.2) is 9.97 Å². The summed E-state index contributed by atoms with van der Waals surface area (Å²) in [5.41, 5.74) is 4.33. The third kappa shape index (κ3) is 2.50. The lowest BCUT2D eigenvalue weighted by Crippen LogP contribution is -1.98. The number of benzene rings is 2. The molecular formula is C18H11N5OS. The summed E-state index contributed by atoms with van der Waals surface area (Å²) >= 11 is 1.52. The molecular weight excluding hydrogens is 334 g/mol. The van der Waals surface area contributed by atoms with Crippen LogP contribution in [0, 0.1) is 0 Å². The third-order valence-corrected chi connectivity index (χ3v) is 4.64. The Bertz CT molecular complexity index is 1180. The maximum absolute atomic E-state index is 5.15. The minimum atomic E-state index is 0.662. The van der Waals surface area contributed by atoms with E-state index in [1.807, 2.05) is 42.5 Å². The quantitative estimate of drug-likeness (QED) is 0.513. The van der Waals surface area contributed by atoms with Crippen LogP contribution in [0.1, 0.15) is 0 Å². The first-order chi connectivity index (χ1) is 12.4. The lowest BCUT2D eigenvalue weighted by Gasteiger charge is -2.10. The molecule has 0 aliphatic heterocycles. The van der Waals surface area contributed by atoms with Crippen molar-refractivity contribution < 1.29 is 4.52 Å². The minimum absolute atomic E-state index is 0.662. The maximum atomic E-state index is 5.15. The van der Waals surface area contributed by atoms with Crippen molar-refractivity contribution >= 4 is 44.7 Å². The van der Waals surface area contributed by atoms with Crippen molar-refractivity contribution in [2.45, 2.75) is 0 Å². The summed E-state index contributed by atoms with van der Waals surface area (Å²) in [5, 5.41) is 9.10. The zero-order valence-corrected chi connectivity index (χ0v) is 13.7. The van der Waals surface area contributed by atoms with Crippen LogP contribution in [0.3, 0.4) is 0 Å². The van der Waals surface area contributed by atoms with E-state index < -0.39 is 0 Å². The summed E-state index contributed by atoms with van der Waals surface area (Å²) < 4.78 is 5.15. The Hall–Kier alpha value is -3.32. The van der Waals surface area contributed by atoms with Gasteiger partial charge in [-0.2, -0.15) is 0 Å². The van der Waals surface area contributed by atoms with Gasteiger partial charge in [-0.3, -0.25) is 4.98 Å². The van der Waals surface area contributed by atoms with Crippen LogP contribution in [0.25, 0.3) is 32.6 Å². The van der Waals surface area contributed by atoms with E-state index in [4.69, 9.17) is 9.51 Å². The molecule has 25 heavy (non-hydrogen) atoms. The van der Waals surface area contributed by atoms with E-state index in [1.165, 1.54) is 11.3 Å². The lowest BCUT2D eigenvalue weighted by atomic mass is 10.2. The van der Waals surface area contributed by atoms with Crippen molar-refractivity contribution in [3.05, 3.63) is 60.4 Å². The van der Waals surface area contributed by atoms with E-state index in [0.29, 0.717) is 5.82 Å². The molecule has 0 unspecified atom stereocenters. The molecule has 7 heteroatoms. The Morgan fingerprint density at radius 1 is 1.00 bits per heavy atom. The van der Waals surface area contributed by atoms with Gasteiger partial charge in [0.25, 0.3) is 0 Å². The Morgan fingerprint density at radius 3 is 2.88 bits per heavy atom. The van der Waals surface area contributed by atoms with Crippen molar-refractivity contribution in [3.8, 4) is 10.7 Å². The molecule has 5 rings (SSSR count). The van der Waals surface area contributed by atoms with E-state index in [0.717, 1.165) is 38.3 Å². The monoisotopic (exact) mass is 345 g/mol. The fraction of sp³-hybridized carbons (Fsp3) is 0. The summed E-state index contributed by atoms with van der Waals surface area (Å²) in [6, 6.07) is 13.7. The molecule has 5 aromatic rings. The number of fused-ring (bicyclic) bond motifs is 2. The molecule has 0 saturated heterocycles. The molecule has 0 spiro atoms. The number of hydrogen-bond acceptors (Lipinski definition) is 7. The van der Waals surface area contributed by atoms with Crippen LogP contribution in [0.5, 0.6) is 0 Å². The fourth-order valence-corrected chi connectivity index (χ4v) is 3.25. The average Bonchev–Trinajstić information content (AvgIpc) is 3.33. The van der Waals surface area contributed by atoms with Crippen LogP contribution in [0.2, 0.25) is 0 Å². The summed E-state index contributed by atoms with van der Waals surface area (Å²) in [4.78, 5) is 14.4. The lowest BCUT2D eigenvalue weighted by molar-refractivity contribution is 0.456. The first-order valence-electron chi connectivity index (χ1n) is 7.64. The third-order valence-electron chi connectivity index (χ3n) is 3.87. The van der Waals surface area contributed by atoms with Crippen LogP contribution in [-0.4, -0.2) is 20.1 Å². The normalized spacial score (nSPS) is 11.2. The molecule has 0 atom stereocenters. The van der Waals surface area contributed by atoms with Crippen LogP contribution >= 0.6 is 11.3 Å². The molecule has 120 valence electrons. The van der Waals surface area contributed by atoms with Gasteiger partial charge in [-0.05, 0) is 30.3 Å². The number of rotatable bonds is 3. The van der Waals surface area contributed by atoms with Gasteiger partial charge in [0.05, 0.1) is 22.1 Å². The van der Waals surface area contributed by atoms with Crippen LogP contribution in [-0.2, 0) is 0 Å². The van der Waals surface area contributed by atoms with Crippen molar-refractivity contribution in [3.63, 3.8) is 0 Å². The number of aromatic nitrogens is 4. The standard InChI is InChI=1S/C18H11N5OS/c1-2-4-14-13(3-1)17(23-18(22-14)16-9-19-10-25-16)21-12-5-6-15-11(7-12)8-20-24-15/h1-10H,(H,21,22,23). The molecule has 6 nitrogen and oxygen atoms in total. The van der Waals surface area contributed by atoms with Gasteiger partial charge in [-0.1, -0.05) is 17.3 Å². The molecule has 0 amide bonds. The van der Waals surface area contributed by atoms with Gasteiger partial charge in [0.1, 0.15) is 5.82 Å². The minimum Gasteiger partial charge on any atom is -0.356 e. The fourth-order valence-electron chi connectivity index (χ4n) is 2.70. The zero-order valence-electron chi connectivity index (χ0n) is 12.9. The summed E-state index contributed by atoms with van der Waals surface area (Å²) in [6.45, 7) is 0.